The summed E-state index contributed by atoms with van der Waals surface area (Å²) in [6.45, 7) is 0.766. The van der Waals surface area contributed by atoms with Crippen LogP contribution in [0.2, 0.25) is 0 Å². The Morgan fingerprint density at radius 2 is 2.11 bits per heavy atom. The molecule has 4 nitrogen and oxygen atoms in total. The van der Waals surface area contributed by atoms with Crippen molar-refractivity contribution in [3.8, 4) is 0 Å². The van der Waals surface area contributed by atoms with E-state index < -0.39 is 0 Å². The van der Waals surface area contributed by atoms with Crippen LogP contribution in [0.5, 0.6) is 0 Å². The first-order valence-corrected chi connectivity index (χ1v) is 6.76. The molecule has 0 radical (unpaired) electrons. The van der Waals surface area contributed by atoms with Gasteiger partial charge in [-0.1, -0.05) is 12.5 Å². The Morgan fingerprint density at radius 3 is 2.79 bits per heavy atom. The molecule has 4 heteroatoms. The zero-order valence-electron chi connectivity index (χ0n) is 11.2. The molecule has 0 atom stereocenters. The van der Waals surface area contributed by atoms with Gasteiger partial charge in [0.1, 0.15) is 12.1 Å². The van der Waals surface area contributed by atoms with Crippen molar-refractivity contribution in [2.45, 2.75) is 31.7 Å². The Balaban J connectivity index is 1.74. The molecule has 0 bridgehead atoms. The highest BCUT2D eigenvalue weighted by Crippen LogP contribution is 2.35. The van der Waals surface area contributed by atoms with Crippen LogP contribution < -0.4 is 4.90 Å². The van der Waals surface area contributed by atoms with Gasteiger partial charge in [-0.05, 0) is 25.0 Å². The second kappa shape index (κ2) is 5.34. The van der Waals surface area contributed by atoms with E-state index in [9.17, 15) is 0 Å². The average Bonchev–Trinajstić information content (AvgIpc) is 2.38. The number of rotatable bonds is 4. The van der Waals surface area contributed by atoms with Crippen LogP contribution in [0.25, 0.3) is 0 Å². The van der Waals surface area contributed by atoms with Crippen molar-refractivity contribution >= 4 is 5.82 Å². The SMILES string of the molecule is CN(Cc1ccccn1)c1cc(C2CCC2)ncn1. The second-order valence-corrected chi connectivity index (χ2v) is 5.11. The smallest absolute Gasteiger partial charge is 0.132 e. The lowest BCUT2D eigenvalue weighted by Gasteiger charge is -2.26. The van der Waals surface area contributed by atoms with Crippen LogP contribution in [0.3, 0.4) is 0 Å². The van der Waals surface area contributed by atoms with E-state index in [-0.39, 0.29) is 0 Å². The summed E-state index contributed by atoms with van der Waals surface area (Å²) >= 11 is 0. The van der Waals surface area contributed by atoms with Crippen LogP contribution in [0.15, 0.2) is 36.8 Å². The van der Waals surface area contributed by atoms with Crippen LogP contribution in [0.4, 0.5) is 5.82 Å². The molecule has 1 aliphatic rings. The molecule has 0 spiro atoms. The Morgan fingerprint density at radius 1 is 1.21 bits per heavy atom. The number of pyridine rings is 1. The summed E-state index contributed by atoms with van der Waals surface area (Å²) in [5.74, 6) is 1.62. The third-order valence-corrected chi connectivity index (χ3v) is 3.71. The van der Waals surface area contributed by atoms with Gasteiger partial charge in [-0.15, -0.1) is 0 Å². The highest BCUT2D eigenvalue weighted by Gasteiger charge is 2.21. The zero-order chi connectivity index (χ0) is 13.1. The molecule has 98 valence electrons. The molecule has 0 aromatic carbocycles. The summed E-state index contributed by atoms with van der Waals surface area (Å²) in [7, 11) is 2.04. The summed E-state index contributed by atoms with van der Waals surface area (Å²) in [5.41, 5.74) is 2.23. The lowest BCUT2D eigenvalue weighted by atomic mass is 9.83. The minimum absolute atomic E-state index is 0.644. The molecule has 0 aliphatic heterocycles. The van der Waals surface area contributed by atoms with E-state index in [1.54, 1.807) is 6.33 Å². The summed E-state index contributed by atoms with van der Waals surface area (Å²) in [6.07, 6.45) is 7.36. The van der Waals surface area contributed by atoms with Crippen LogP contribution in [0, 0.1) is 0 Å². The normalized spacial score (nSPS) is 15.0. The van der Waals surface area contributed by atoms with Crippen LogP contribution in [0.1, 0.15) is 36.6 Å². The maximum atomic E-state index is 4.40. The molecule has 0 unspecified atom stereocenters. The van der Waals surface area contributed by atoms with Crippen molar-refractivity contribution in [2.24, 2.45) is 0 Å². The van der Waals surface area contributed by atoms with Gasteiger partial charge in [0.2, 0.25) is 0 Å². The number of hydrogen-bond acceptors (Lipinski definition) is 4. The third-order valence-electron chi connectivity index (χ3n) is 3.71. The summed E-state index contributed by atoms with van der Waals surface area (Å²) < 4.78 is 0. The molecule has 19 heavy (non-hydrogen) atoms. The quantitative estimate of drug-likeness (QED) is 0.841. The summed E-state index contributed by atoms with van der Waals surface area (Å²) in [5, 5.41) is 0. The van der Waals surface area contributed by atoms with Crippen molar-refractivity contribution in [2.75, 3.05) is 11.9 Å². The molecule has 1 fully saturated rings. The predicted octanol–water partition coefficient (Wildman–Crippen LogP) is 2.78. The highest BCUT2D eigenvalue weighted by atomic mass is 15.2. The second-order valence-electron chi connectivity index (χ2n) is 5.11. The maximum absolute atomic E-state index is 4.40. The first kappa shape index (κ1) is 12.1. The first-order valence-electron chi connectivity index (χ1n) is 6.76. The van der Waals surface area contributed by atoms with Gasteiger partial charge in [0.05, 0.1) is 12.2 Å². The third kappa shape index (κ3) is 2.72. The molecule has 2 heterocycles. The number of nitrogens with zero attached hydrogens (tertiary/aromatic N) is 4. The molecule has 2 aromatic rings. The van der Waals surface area contributed by atoms with Crippen LogP contribution in [-0.2, 0) is 6.54 Å². The van der Waals surface area contributed by atoms with Crippen molar-refractivity contribution in [1.82, 2.24) is 15.0 Å². The fourth-order valence-corrected chi connectivity index (χ4v) is 2.31. The van der Waals surface area contributed by atoms with Crippen LogP contribution in [-0.4, -0.2) is 22.0 Å². The van der Waals surface area contributed by atoms with Gasteiger partial charge >= 0.3 is 0 Å². The van der Waals surface area contributed by atoms with Crippen molar-refractivity contribution in [3.63, 3.8) is 0 Å². The van der Waals surface area contributed by atoms with Gasteiger partial charge in [0, 0.05) is 30.9 Å². The maximum Gasteiger partial charge on any atom is 0.132 e. The summed E-state index contributed by atoms with van der Waals surface area (Å²) in [4.78, 5) is 15.2. The minimum atomic E-state index is 0.644. The predicted molar refractivity (Wildman–Crippen MR) is 75.0 cm³/mol. The van der Waals surface area contributed by atoms with Gasteiger partial charge in [-0.25, -0.2) is 9.97 Å². The van der Waals surface area contributed by atoms with Gasteiger partial charge in [-0.2, -0.15) is 0 Å². The molecule has 3 rings (SSSR count). The highest BCUT2D eigenvalue weighted by molar-refractivity contribution is 5.39. The van der Waals surface area contributed by atoms with E-state index >= 15 is 0 Å². The van der Waals surface area contributed by atoms with E-state index in [1.165, 1.54) is 25.0 Å². The topological polar surface area (TPSA) is 41.9 Å². The lowest BCUT2D eigenvalue weighted by molar-refractivity contribution is 0.410. The Kier molecular flexibility index (Phi) is 3.40. The van der Waals surface area contributed by atoms with Gasteiger partial charge in [0.25, 0.3) is 0 Å². The van der Waals surface area contributed by atoms with Gasteiger partial charge in [-0.3, -0.25) is 4.98 Å². The van der Waals surface area contributed by atoms with Crippen molar-refractivity contribution < 1.29 is 0 Å². The van der Waals surface area contributed by atoms with Gasteiger partial charge in [0.15, 0.2) is 0 Å². The number of aromatic nitrogens is 3. The van der Waals surface area contributed by atoms with E-state index in [2.05, 4.69) is 25.9 Å². The average molecular weight is 254 g/mol. The summed E-state index contributed by atoms with van der Waals surface area (Å²) in [6, 6.07) is 8.09. The molecule has 2 aromatic heterocycles. The largest absolute Gasteiger partial charge is 0.354 e. The van der Waals surface area contributed by atoms with Crippen LogP contribution >= 0.6 is 0 Å². The molecule has 0 amide bonds. The standard InChI is InChI=1S/C15H18N4/c1-19(10-13-7-2-3-8-16-13)15-9-14(17-11-18-15)12-5-4-6-12/h2-3,7-9,11-12H,4-6,10H2,1H3. The van der Waals surface area contributed by atoms with Crippen molar-refractivity contribution in [1.29, 1.82) is 0 Å². The first-order chi connectivity index (χ1) is 9.33. The molecule has 0 saturated heterocycles. The lowest BCUT2D eigenvalue weighted by Crippen LogP contribution is -2.19. The molecule has 1 saturated carbocycles. The minimum Gasteiger partial charge on any atom is -0.354 e. The molecule has 1 aliphatic carbocycles. The Labute approximate surface area is 113 Å². The van der Waals surface area contributed by atoms with E-state index in [4.69, 9.17) is 0 Å². The number of anilines is 1. The van der Waals surface area contributed by atoms with Gasteiger partial charge < -0.3 is 4.90 Å². The van der Waals surface area contributed by atoms with Crippen molar-refractivity contribution in [3.05, 3.63) is 48.2 Å². The van der Waals surface area contributed by atoms with E-state index in [0.29, 0.717) is 5.92 Å². The number of hydrogen-bond donors (Lipinski definition) is 0. The van der Waals surface area contributed by atoms with E-state index in [0.717, 1.165) is 18.1 Å². The fourth-order valence-electron chi connectivity index (χ4n) is 2.31. The Hall–Kier alpha value is -1.97. The zero-order valence-corrected chi connectivity index (χ0v) is 11.2. The Bertz CT molecular complexity index is 537. The monoisotopic (exact) mass is 254 g/mol. The molecular weight excluding hydrogens is 236 g/mol. The molecular formula is C15H18N4. The molecule has 0 N–H and O–H groups in total. The fraction of sp³-hybridized carbons (Fsp3) is 0.400. The van der Waals surface area contributed by atoms with E-state index in [1.807, 2.05) is 31.4 Å².